The number of hydrogen-bond acceptors (Lipinski definition) is 3. The molecular weight excluding hydrogens is 374 g/mol. The maximum absolute atomic E-state index is 5.23. The Balaban J connectivity index is 1.47. The summed E-state index contributed by atoms with van der Waals surface area (Å²) in [6, 6.07) is 17.1. The topological polar surface area (TPSA) is 22.1 Å². The van der Waals surface area contributed by atoms with Gasteiger partial charge in [-0.15, -0.1) is 11.3 Å². The molecule has 0 fully saturated rings. The Labute approximate surface area is 180 Å². The molecule has 2 aromatic carbocycles. The third-order valence-corrected chi connectivity index (χ3v) is 6.30. The Hall–Kier alpha value is -2.13. The van der Waals surface area contributed by atoms with Gasteiger partial charge in [0.15, 0.2) is 0 Å². The summed E-state index contributed by atoms with van der Waals surface area (Å²) in [5.41, 5.74) is 4.79. The standard InChI is InChI=1S/C26H33NOS/c1-3-4-5-6-7-8-9-10-11-21-12-14-23(15-13-21)26-27-25(20-29-26)22-16-18-24(28-2)19-17-22/h12-20H,3-11H2,1-2H3. The SMILES string of the molecule is CCCCCCCCCCc1ccc(-c2nc(-c3ccc(OC)cc3)cs2)cc1. The van der Waals surface area contributed by atoms with Gasteiger partial charge in [-0.25, -0.2) is 4.98 Å². The number of aryl methyl sites for hydroxylation is 1. The summed E-state index contributed by atoms with van der Waals surface area (Å²) < 4.78 is 5.23. The van der Waals surface area contributed by atoms with E-state index >= 15 is 0 Å². The molecule has 0 spiro atoms. The Morgan fingerprint density at radius 2 is 1.38 bits per heavy atom. The highest BCUT2D eigenvalue weighted by molar-refractivity contribution is 7.13. The average Bonchev–Trinajstić information content (AvgIpc) is 3.26. The molecule has 0 amide bonds. The van der Waals surface area contributed by atoms with E-state index in [1.807, 2.05) is 12.1 Å². The molecule has 0 N–H and O–H groups in total. The van der Waals surface area contributed by atoms with E-state index in [1.54, 1.807) is 18.4 Å². The first-order valence-corrected chi connectivity index (χ1v) is 11.9. The van der Waals surface area contributed by atoms with Crippen LogP contribution in [0.4, 0.5) is 0 Å². The molecule has 0 aliphatic heterocycles. The number of thiazole rings is 1. The normalized spacial score (nSPS) is 11.0. The van der Waals surface area contributed by atoms with E-state index in [0.29, 0.717) is 0 Å². The van der Waals surface area contributed by atoms with Crippen molar-refractivity contribution < 1.29 is 4.74 Å². The number of benzene rings is 2. The van der Waals surface area contributed by atoms with Crippen molar-refractivity contribution in [3.63, 3.8) is 0 Å². The van der Waals surface area contributed by atoms with Gasteiger partial charge in [0.25, 0.3) is 0 Å². The van der Waals surface area contributed by atoms with Crippen LogP contribution in [0.5, 0.6) is 5.75 Å². The van der Waals surface area contributed by atoms with Crippen LogP contribution in [-0.2, 0) is 6.42 Å². The molecule has 0 unspecified atom stereocenters. The van der Waals surface area contributed by atoms with E-state index in [4.69, 9.17) is 9.72 Å². The maximum Gasteiger partial charge on any atom is 0.124 e. The van der Waals surface area contributed by atoms with E-state index in [-0.39, 0.29) is 0 Å². The number of methoxy groups -OCH3 is 1. The number of nitrogens with zero attached hydrogens (tertiary/aromatic N) is 1. The number of hydrogen-bond donors (Lipinski definition) is 0. The van der Waals surface area contributed by atoms with Gasteiger partial charge < -0.3 is 4.74 Å². The lowest BCUT2D eigenvalue weighted by atomic mass is 10.0. The van der Waals surface area contributed by atoms with Gasteiger partial charge in [0.05, 0.1) is 12.8 Å². The van der Waals surface area contributed by atoms with Crippen LogP contribution in [0, 0.1) is 0 Å². The van der Waals surface area contributed by atoms with Gasteiger partial charge in [0.1, 0.15) is 10.8 Å². The van der Waals surface area contributed by atoms with Crippen LogP contribution in [0.2, 0.25) is 0 Å². The number of rotatable bonds is 12. The zero-order chi connectivity index (χ0) is 20.3. The van der Waals surface area contributed by atoms with Crippen LogP contribution in [0.1, 0.15) is 63.9 Å². The summed E-state index contributed by atoms with van der Waals surface area (Å²) in [5, 5.41) is 3.21. The molecule has 0 aliphatic rings. The van der Waals surface area contributed by atoms with E-state index in [1.165, 1.54) is 68.9 Å². The average molecular weight is 408 g/mol. The van der Waals surface area contributed by atoms with Crippen molar-refractivity contribution in [2.75, 3.05) is 7.11 Å². The molecule has 0 saturated carbocycles. The third kappa shape index (κ3) is 6.71. The van der Waals surface area contributed by atoms with Crippen LogP contribution in [0.3, 0.4) is 0 Å². The summed E-state index contributed by atoms with van der Waals surface area (Å²) in [6.07, 6.45) is 12.2. The van der Waals surface area contributed by atoms with Crippen molar-refractivity contribution in [3.05, 3.63) is 59.5 Å². The molecule has 2 nitrogen and oxygen atoms in total. The highest BCUT2D eigenvalue weighted by atomic mass is 32.1. The van der Waals surface area contributed by atoms with Gasteiger partial charge in [-0.1, -0.05) is 76.1 Å². The number of unbranched alkanes of at least 4 members (excludes halogenated alkanes) is 7. The monoisotopic (exact) mass is 407 g/mol. The lowest BCUT2D eigenvalue weighted by Gasteiger charge is -2.04. The summed E-state index contributed by atoms with van der Waals surface area (Å²) in [5.74, 6) is 0.872. The van der Waals surface area contributed by atoms with Crippen LogP contribution >= 0.6 is 11.3 Å². The minimum atomic E-state index is 0.872. The van der Waals surface area contributed by atoms with Gasteiger partial charge in [-0.3, -0.25) is 0 Å². The minimum absolute atomic E-state index is 0.872. The van der Waals surface area contributed by atoms with Crippen molar-refractivity contribution in [3.8, 4) is 27.6 Å². The molecule has 3 rings (SSSR count). The molecule has 0 bridgehead atoms. The summed E-state index contributed by atoms with van der Waals surface area (Å²) in [7, 11) is 1.69. The first-order chi connectivity index (χ1) is 14.3. The fourth-order valence-electron chi connectivity index (χ4n) is 3.58. The fraction of sp³-hybridized carbons (Fsp3) is 0.423. The molecule has 29 heavy (non-hydrogen) atoms. The third-order valence-electron chi connectivity index (χ3n) is 5.41. The molecule has 154 valence electrons. The predicted octanol–water partition coefficient (Wildman–Crippen LogP) is 8.17. The highest BCUT2D eigenvalue weighted by Gasteiger charge is 2.07. The predicted molar refractivity (Wildman–Crippen MR) is 126 cm³/mol. The van der Waals surface area contributed by atoms with E-state index < -0.39 is 0 Å². The van der Waals surface area contributed by atoms with Crippen molar-refractivity contribution in [1.82, 2.24) is 4.98 Å². The summed E-state index contributed by atoms with van der Waals surface area (Å²) in [6.45, 7) is 2.28. The second-order valence-corrected chi connectivity index (χ2v) is 8.55. The van der Waals surface area contributed by atoms with Gasteiger partial charge >= 0.3 is 0 Å². The largest absolute Gasteiger partial charge is 0.497 e. The Kier molecular flexibility index (Phi) is 8.76. The quantitative estimate of drug-likeness (QED) is 0.282. The summed E-state index contributed by atoms with van der Waals surface area (Å²) in [4.78, 5) is 4.83. The van der Waals surface area contributed by atoms with Gasteiger partial charge in [-0.05, 0) is 42.7 Å². The molecule has 0 radical (unpaired) electrons. The highest BCUT2D eigenvalue weighted by Crippen LogP contribution is 2.30. The van der Waals surface area contributed by atoms with Crippen molar-refractivity contribution in [2.24, 2.45) is 0 Å². The first-order valence-electron chi connectivity index (χ1n) is 11.0. The molecule has 0 aliphatic carbocycles. The second-order valence-electron chi connectivity index (χ2n) is 7.69. The van der Waals surface area contributed by atoms with Crippen LogP contribution in [0.25, 0.3) is 21.8 Å². The maximum atomic E-state index is 5.23. The van der Waals surface area contributed by atoms with E-state index in [9.17, 15) is 0 Å². The molecule has 3 heteroatoms. The Morgan fingerprint density at radius 3 is 2.03 bits per heavy atom. The van der Waals surface area contributed by atoms with Gasteiger partial charge in [0, 0.05) is 16.5 Å². The molecule has 1 heterocycles. The minimum Gasteiger partial charge on any atom is -0.497 e. The van der Waals surface area contributed by atoms with Crippen LogP contribution in [-0.4, -0.2) is 12.1 Å². The lowest BCUT2D eigenvalue weighted by molar-refractivity contribution is 0.415. The molecule has 0 saturated heterocycles. The van der Waals surface area contributed by atoms with E-state index in [2.05, 4.69) is 48.7 Å². The Bertz CT molecular complexity index is 836. The summed E-state index contributed by atoms with van der Waals surface area (Å²) >= 11 is 1.70. The lowest BCUT2D eigenvalue weighted by Crippen LogP contribution is -1.87. The molecule has 3 aromatic rings. The van der Waals surface area contributed by atoms with Gasteiger partial charge in [0.2, 0.25) is 0 Å². The number of aromatic nitrogens is 1. The zero-order valence-electron chi connectivity index (χ0n) is 17.8. The van der Waals surface area contributed by atoms with Gasteiger partial charge in [-0.2, -0.15) is 0 Å². The zero-order valence-corrected chi connectivity index (χ0v) is 18.6. The number of ether oxygens (including phenoxy) is 1. The van der Waals surface area contributed by atoms with Crippen LogP contribution < -0.4 is 4.74 Å². The van der Waals surface area contributed by atoms with Crippen molar-refractivity contribution in [1.29, 1.82) is 0 Å². The van der Waals surface area contributed by atoms with Crippen molar-refractivity contribution >= 4 is 11.3 Å². The fourth-order valence-corrected chi connectivity index (χ4v) is 4.41. The van der Waals surface area contributed by atoms with E-state index in [0.717, 1.165) is 22.0 Å². The Morgan fingerprint density at radius 1 is 0.759 bits per heavy atom. The van der Waals surface area contributed by atoms with Crippen LogP contribution in [0.15, 0.2) is 53.9 Å². The van der Waals surface area contributed by atoms with Crippen molar-refractivity contribution in [2.45, 2.75) is 64.7 Å². The smallest absolute Gasteiger partial charge is 0.124 e. The molecular formula is C26H33NOS. The second kappa shape index (κ2) is 11.8. The molecule has 1 aromatic heterocycles. The molecule has 0 atom stereocenters. The first kappa shape index (κ1) is 21.6.